The second-order valence-electron chi connectivity index (χ2n) is 3.03. The zero-order chi connectivity index (χ0) is 12.0. The van der Waals surface area contributed by atoms with Crippen molar-refractivity contribution < 1.29 is 19.4 Å². The lowest BCUT2D eigenvalue weighted by molar-refractivity contribution is -0.140. The van der Waals surface area contributed by atoms with Gasteiger partial charge in [-0.05, 0) is 13.0 Å². The molecule has 1 aromatic rings. The number of carboxylic acid groups (broad SMARTS) is 1. The van der Waals surface area contributed by atoms with Gasteiger partial charge in [-0.3, -0.25) is 4.79 Å². The third-order valence-electron chi connectivity index (χ3n) is 2.01. The van der Waals surface area contributed by atoms with Crippen molar-refractivity contribution in [3.8, 4) is 5.75 Å². The number of carbonyl (C=O) groups excluding carboxylic acids is 1. The van der Waals surface area contributed by atoms with Gasteiger partial charge in [0.1, 0.15) is 5.75 Å². The minimum atomic E-state index is -1.13. The van der Waals surface area contributed by atoms with Gasteiger partial charge in [-0.15, -0.1) is 0 Å². The van der Waals surface area contributed by atoms with Crippen molar-refractivity contribution >= 4 is 12.4 Å². The van der Waals surface area contributed by atoms with Crippen molar-refractivity contribution in [1.82, 2.24) is 5.32 Å². The summed E-state index contributed by atoms with van der Waals surface area (Å²) in [6, 6.07) is 5.64. The van der Waals surface area contributed by atoms with Gasteiger partial charge in [0, 0.05) is 5.56 Å². The van der Waals surface area contributed by atoms with Crippen LogP contribution in [0.4, 0.5) is 0 Å². The molecule has 5 nitrogen and oxygen atoms in total. The fourth-order valence-electron chi connectivity index (χ4n) is 1.37. The molecule has 0 spiro atoms. The van der Waals surface area contributed by atoms with Crippen LogP contribution in [0.25, 0.3) is 0 Å². The third-order valence-corrected chi connectivity index (χ3v) is 2.01. The molecule has 5 heteroatoms. The number of benzene rings is 1. The Morgan fingerprint density at radius 2 is 2.25 bits per heavy atom. The van der Waals surface area contributed by atoms with Crippen molar-refractivity contribution in [2.45, 2.75) is 13.0 Å². The molecule has 0 fully saturated rings. The molecule has 0 saturated carbocycles. The number of ether oxygens (including phenoxy) is 1. The summed E-state index contributed by atoms with van der Waals surface area (Å²) in [4.78, 5) is 21.3. The second-order valence-corrected chi connectivity index (χ2v) is 3.03. The topological polar surface area (TPSA) is 75.6 Å². The maximum absolute atomic E-state index is 11.0. The van der Waals surface area contributed by atoms with Crippen molar-refractivity contribution in [2.24, 2.45) is 0 Å². The summed E-state index contributed by atoms with van der Waals surface area (Å²) in [6.07, 6.45) is 0.363. The van der Waals surface area contributed by atoms with Gasteiger partial charge in [-0.2, -0.15) is 0 Å². The molecule has 1 rings (SSSR count). The van der Waals surface area contributed by atoms with E-state index in [-0.39, 0.29) is 0 Å². The van der Waals surface area contributed by atoms with Crippen LogP contribution in [0.1, 0.15) is 18.5 Å². The molecule has 0 heterocycles. The van der Waals surface area contributed by atoms with E-state index in [1.807, 2.05) is 0 Å². The summed E-state index contributed by atoms with van der Waals surface area (Å²) in [7, 11) is 0. The van der Waals surface area contributed by atoms with Crippen LogP contribution in [-0.2, 0) is 9.59 Å². The van der Waals surface area contributed by atoms with E-state index in [1.54, 1.807) is 31.2 Å². The second kappa shape index (κ2) is 5.75. The van der Waals surface area contributed by atoms with Crippen LogP contribution in [-0.4, -0.2) is 24.1 Å². The zero-order valence-corrected chi connectivity index (χ0v) is 8.84. The Balaban J connectivity index is 3.06. The van der Waals surface area contributed by atoms with Crippen LogP contribution in [0.5, 0.6) is 5.75 Å². The zero-order valence-electron chi connectivity index (χ0n) is 8.84. The van der Waals surface area contributed by atoms with Gasteiger partial charge in [0.15, 0.2) is 6.04 Å². The van der Waals surface area contributed by atoms with Crippen LogP contribution < -0.4 is 10.1 Å². The molecule has 1 unspecified atom stereocenters. The summed E-state index contributed by atoms with van der Waals surface area (Å²) >= 11 is 0. The highest BCUT2D eigenvalue weighted by Gasteiger charge is 2.22. The van der Waals surface area contributed by atoms with Gasteiger partial charge in [-0.1, -0.05) is 18.2 Å². The molecular weight excluding hydrogens is 210 g/mol. The monoisotopic (exact) mass is 223 g/mol. The molecule has 0 aliphatic heterocycles. The molecular formula is C11H13NO4. The van der Waals surface area contributed by atoms with Crippen LogP contribution in [0, 0.1) is 0 Å². The summed E-state index contributed by atoms with van der Waals surface area (Å²) in [5, 5.41) is 11.2. The van der Waals surface area contributed by atoms with Crippen molar-refractivity contribution in [3.63, 3.8) is 0 Å². The maximum Gasteiger partial charge on any atom is 0.331 e. The fourth-order valence-corrected chi connectivity index (χ4v) is 1.37. The van der Waals surface area contributed by atoms with E-state index in [1.165, 1.54) is 0 Å². The Labute approximate surface area is 93.0 Å². The van der Waals surface area contributed by atoms with Crippen LogP contribution in [0.2, 0.25) is 0 Å². The molecule has 1 amide bonds. The lowest BCUT2D eigenvalue weighted by Crippen LogP contribution is -2.27. The predicted molar refractivity (Wildman–Crippen MR) is 57.2 cm³/mol. The van der Waals surface area contributed by atoms with E-state index in [4.69, 9.17) is 9.84 Å². The summed E-state index contributed by atoms with van der Waals surface area (Å²) in [5.74, 6) is -0.661. The SMILES string of the molecule is CCOc1ccccc1C(NC=O)C(=O)O. The first kappa shape index (κ1) is 12.0. The molecule has 0 radical (unpaired) electrons. The molecule has 1 atom stereocenters. The largest absolute Gasteiger partial charge is 0.493 e. The highest BCUT2D eigenvalue weighted by molar-refractivity contribution is 5.79. The van der Waals surface area contributed by atoms with Gasteiger partial charge < -0.3 is 15.2 Å². The Kier molecular flexibility index (Phi) is 4.32. The number of amides is 1. The molecule has 0 aliphatic rings. The van der Waals surface area contributed by atoms with E-state index in [9.17, 15) is 9.59 Å². The number of aliphatic carboxylic acids is 1. The van der Waals surface area contributed by atoms with Gasteiger partial charge in [0.05, 0.1) is 6.61 Å². The maximum atomic E-state index is 11.0. The van der Waals surface area contributed by atoms with E-state index in [0.717, 1.165) is 0 Å². The first-order valence-electron chi connectivity index (χ1n) is 4.85. The Morgan fingerprint density at radius 1 is 1.56 bits per heavy atom. The van der Waals surface area contributed by atoms with E-state index < -0.39 is 12.0 Å². The molecule has 16 heavy (non-hydrogen) atoms. The van der Waals surface area contributed by atoms with E-state index in [2.05, 4.69) is 5.32 Å². The van der Waals surface area contributed by atoms with Crippen molar-refractivity contribution in [2.75, 3.05) is 6.61 Å². The average Bonchev–Trinajstić information content (AvgIpc) is 2.27. The van der Waals surface area contributed by atoms with E-state index in [0.29, 0.717) is 24.3 Å². The molecule has 1 aromatic carbocycles. The first-order valence-corrected chi connectivity index (χ1v) is 4.85. The number of carbonyl (C=O) groups is 2. The standard InChI is InChI=1S/C11H13NO4/c1-2-16-9-6-4-3-5-8(9)10(11(14)15)12-7-13/h3-7,10H,2H2,1H3,(H,12,13)(H,14,15). The molecule has 0 aromatic heterocycles. The number of carboxylic acids is 1. The normalized spacial score (nSPS) is 11.6. The van der Waals surface area contributed by atoms with E-state index >= 15 is 0 Å². The Morgan fingerprint density at radius 3 is 2.81 bits per heavy atom. The lowest BCUT2D eigenvalue weighted by Gasteiger charge is -2.15. The quantitative estimate of drug-likeness (QED) is 0.704. The molecule has 86 valence electrons. The highest BCUT2D eigenvalue weighted by Crippen LogP contribution is 2.24. The molecule has 0 aliphatic carbocycles. The number of hydrogen-bond acceptors (Lipinski definition) is 3. The molecule has 0 saturated heterocycles. The Hall–Kier alpha value is -2.04. The van der Waals surface area contributed by atoms with Crippen molar-refractivity contribution in [3.05, 3.63) is 29.8 Å². The average molecular weight is 223 g/mol. The molecule has 0 bridgehead atoms. The number of para-hydroxylation sites is 1. The minimum Gasteiger partial charge on any atom is -0.493 e. The van der Waals surface area contributed by atoms with Crippen LogP contribution in [0.15, 0.2) is 24.3 Å². The minimum absolute atomic E-state index is 0.363. The lowest BCUT2D eigenvalue weighted by atomic mass is 10.1. The summed E-state index contributed by atoms with van der Waals surface area (Å²) in [5.41, 5.74) is 0.434. The van der Waals surface area contributed by atoms with Crippen LogP contribution in [0.3, 0.4) is 0 Å². The van der Waals surface area contributed by atoms with Crippen LogP contribution >= 0.6 is 0 Å². The van der Waals surface area contributed by atoms with Gasteiger partial charge in [-0.25, -0.2) is 4.79 Å². The summed E-state index contributed by atoms with van der Waals surface area (Å²) < 4.78 is 5.30. The van der Waals surface area contributed by atoms with Gasteiger partial charge >= 0.3 is 5.97 Å². The number of hydrogen-bond donors (Lipinski definition) is 2. The third kappa shape index (κ3) is 2.73. The first-order chi connectivity index (χ1) is 7.70. The molecule has 2 N–H and O–H groups in total. The van der Waals surface area contributed by atoms with Gasteiger partial charge in [0.25, 0.3) is 0 Å². The smallest absolute Gasteiger partial charge is 0.331 e. The summed E-state index contributed by atoms with van der Waals surface area (Å²) in [6.45, 7) is 2.24. The highest BCUT2D eigenvalue weighted by atomic mass is 16.5. The predicted octanol–water partition coefficient (Wildman–Crippen LogP) is 0.957. The fraction of sp³-hybridized carbons (Fsp3) is 0.273. The number of rotatable bonds is 6. The number of nitrogens with one attached hydrogen (secondary N) is 1. The van der Waals surface area contributed by atoms with Crippen molar-refractivity contribution in [1.29, 1.82) is 0 Å². The van der Waals surface area contributed by atoms with Gasteiger partial charge in [0.2, 0.25) is 6.41 Å². The Bertz CT molecular complexity index is 378.